The number of hydrogen-bond acceptors (Lipinski definition) is 2. The van der Waals surface area contributed by atoms with E-state index < -0.39 is 0 Å². The van der Waals surface area contributed by atoms with Crippen LogP contribution in [0.25, 0.3) is 32.3 Å². The van der Waals surface area contributed by atoms with E-state index in [4.69, 9.17) is 4.74 Å². The van der Waals surface area contributed by atoms with Crippen LogP contribution in [0, 0.1) is 0 Å². The molecule has 0 bridgehead atoms. The Morgan fingerprint density at radius 2 is 1.11 bits per heavy atom. The first kappa shape index (κ1) is 15.6. The molecule has 0 aliphatic carbocycles. The monoisotopic (exact) mass is 348 g/mol. The fourth-order valence-electron chi connectivity index (χ4n) is 3.55. The van der Waals surface area contributed by atoms with Crippen molar-refractivity contribution in [3.8, 4) is 5.75 Å². The Morgan fingerprint density at radius 1 is 0.556 bits per heavy atom. The van der Waals surface area contributed by atoms with Crippen molar-refractivity contribution < 1.29 is 9.53 Å². The van der Waals surface area contributed by atoms with Crippen molar-refractivity contribution in [1.82, 2.24) is 0 Å². The SMILES string of the molecule is O=C(Oc1c2ccccc2cc2ccccc12)c1ccc2ccccc2c1. The summed E-state index contributed by atoms with van der Waals surface area (Å²) in [6, 6.07) is 31.7. The van der Waals surface area contributed by atoms with E-state index >= 15 is 0 Å². The van der Waals surface area contributed by atoms with Crippen molar-refractivity contribution in [3.05, 3.63) is 103 Å². The predicted molar refractivity (Wildman–Crippen MR) is 110 cm³/mol. The number of esters is 1. The van der Waals surface area contributed by atoms with Crippen molar-refractivity contribution in [2.24, 2.45) is 0 Å². The van der Waals surface area contributed by atoms with Crippen LogP contribution in [0.2, 0.25) is 0 Å². The topological polar surface area (TPSA) is 26.3 Å². The van der Waals surface area contributed by atoms with Gasteiger partial charge in [-0.05, 0) is 39.7 Å². The summed E-state index contributed by atoms with van der Waals surface area (Å²) in [6.45, 7) is 0. The molecule has 2 nitrogen and oxygen atoms in total. The molecule has 5 aromatic rings. The molecule has 0 N–H and O–H groups in total. The summed E-state index contributed by atoms with van der Waals surface area (Å²) < 4.78 is 5.94. The molecule has 0 amide bonds. The first-order valence-electron chi connectivity index (χ1n) is 8.91. The molecule has 0 saturated carbocycles. The molecule has 5 aromatic carbocycles. The molecule has 0 spiro atoms. The van der Waals surface area contributed by atoms with Crippen LogP contribution in [0.3, 0.4) is 0 Å². The molecule has 0 aromatic heterocycles. The van der Waals surface area contributed by atoms with Crippen LogP contribution in [0.5, 0.6) is 5.75 Å². The van der Waals surface area contributed by atoms with Crippen LogP contribution in [0.4, 0.5) is 0 Å². The van der Waals surface area contributed by atoms with Crippen LogP contribution >= 0.6 is 0 Å². The zero-order chi connectivity index (χ0) is 18.2. The summed E-state index contributed by atoms with van der Waals surface area (Å²) in [6.07, 6.45) is 0. The van der Waals surface area contributed by atoms with Gasteiger partial charge in [0.25, 0.3) is 0 Å². The average Bonchev–Trinajstić information content (AvgIpc) is 2.73. The molecule has 0 radical (unpaired) electrons. The van der Waals surface area contributed by atoms with E-state index in [0.29, 0.717) is 11.3 Å². The van der Waals surface area contributed by atoms with Gasteiger partial charge in [0.1, 0.15) is 5.75 Å². The Labute approximate surface area is 156 Å². The maximum Gasteiger partial charge on any atom is 0.343 e. The Morgan fingerprint density at radius 3 is 1.78 bits per heavy atom. The van der Waals surface area contributed by atoms with Gasteiger partial charge in [0, 0.05) is 10.8 Å². The lowest BCUT2D eigenvalue weighted by Crippen LogP contribution is -2.09. The van der Waals surface area contributed by atoms with E-state index in [1.165, 1.54) is 0 Å². The van der Waals surface area contributed by atoms with E-state index in [-0.39, 0.29) is 5.97 Å². The smallest absolute Gasteiger partial charge is 0.343 e. The molecule has 128 valence electrons. The standard InChI is InChI=1S/C25H16O2/c26-25(21-14-13-17-7-1-2-8-18(17)15-21)27-24-22-11-5-3-9-19(22)16-20-10-4-6-12-23(20)24/h1-16H. The Bertz CT molecular complexity index is 1260. The molecule has 27 heavy (non-hydrogen) atoms. The van der Waals surface area contributed by atoms with E-state index in [2.05, 4.69) is 6.07 Å². The fourth-order valence-corrected chi connectivity index (χ4v) is 3.55. The third kappa shape index (κ3) is 2.72. The number of carbonyl (C=O) groups is 1. The summed E-state index contributed by atoms with van der Waals surface area (Å²) in [7, 11) is 0. The minimum atomic E-state index is -0.345. The van der Waals surface area contributed by atoms with E-state index in [0.717, 1.165) is 32.3 Å². The van der Waals surface area contributed by atoms with Gasteiger partial charge < -0.3 is 4.74 Å². The van der Waals surface area contributed by atoms with Gasteiger partial charge in [0.05, 0.1) is 5.56 Å². The molecule has 0 heterocycles. The van der Waals surface area contributed by atoms with Crippen LogP contribution in [-0.2, 0) is 0 Å². The molecule has 0 unspecified atom stereocenters. The zero-order valence-electron chi connectivity index (χ0n) is 14.6. The highest BCUT2D eigenvalue weighted by Gasteiger charge is 2.14. The van der Waals surface area contributed by atoms with Crippen LogP contribution < -0.4 is 4.74 Å². The first-order valence-corrected chi connectivity index (χ1v) is 8.91. The minimum Gasteiger partial charge on any atom is -0.422 e. The van der Waals surface area contributed by atoms with Crippen molar-refractivity contribution in [2.75, 3.05) is 0 Å². The van der Waals surface area contributed by atoms with Crippen LogP contribution in [-0.4, -0.2) is 5.97 Å². The maximum atomic E-state index is 12.9. The van der Waals surface area contributed by atoms with Gasteiger partial charge in [-0.1, -0.05) is 78.9 Å². The van der Waals surface area contributed by atoms with Gasteiger partial charge in [-0.25, -0.2) is 4.79 Å². The lowest BCUT2D eigenvalue weighted by atomic mass is 10.0. The molecule has 5 rings (SSSR count). The second kappa shape index (κ2) is 6.26. The van der Waals surface area contributed by atoms with Crippen molar-refractivity contribution in [1.29, 1.82) is 0 Å². The molecule has 0 fully saturated rings. The number of ether oxygens (including phenoxy) is 1. The van der Waals surface area contributed by atoms with Gasteiger partial charge in [-0.15, -0.1) is 0 Å². The fraction of sp³-hybridized carbons (Fsp3) is 0. The van der Waals surface area contributed by atoms with Crippen molar-refractivity contribution >= 4 is 38.3 Å². The number of hydrogen-bond donors (Lipinski definition) is 0. The maximum absolute atomic E-state index is 12.9. The summed E-state index contributed by atoms with van der Waals surface area (Å²) in [5, 5.41) is 6.10. The summed E-state index contributed by atoms with van der Waals surface area (Å²) in [5.74, 6) is 0.268. The van der Waals surface area contributed by atoms with Gasteiger partial charge >= 0.3 is 5.97 Å². The van der Waals surface area contributed by atoms with Gasteiger partial charge in [0.15, 0.2) is 0 Å². The molecule has 2 heteroatoms. The molecule has 0 atom stereocenters. The number of carbonyl (C=O) groups excluding carboxylic acids is 1. The van der Waals surface area contributed by atoms with Crippen molar-refractivity contribution in [2.45, 2.75) is 0 Å². The highest BCUT2D eigenvalue weighted by molar-refractivity contribution is 6.08. The highest BCUT2D eigenvalue weighted by atomic mass is 16.5. The van der Waals surface area contributed by atoms with Crippen LogP contribution in [0.1, 0.15) is 10.4 Å². The Hall–Kier alpha value is -3.65. The summed E-state index contributed by atoms with van der Waals surface area (Å²) in [5.41, 5.74) is 0.547. The second-order valence-corrected chi connectivity index (χ2v) is 6.60. The van der Waals surface area contributed by atoms with Gasteiger partial charge in [0.2, 0.25) is 0 Å². The predicted octanol–water partition coefficient (Wildman–Crippen LogP) is 6.37. The van der Waals surface area contributed by atoms with E-state index in [1.807, 2.05) is 91.0 Å². The average molecular weight is 348 g/mol. The third-order valence-corrected chi connectivity index (χ3v) is 4.90. The van der Waals surface area contributed by atoms with Crippen molar-refractivity contribution in [3.63, 3.8) is 0 Å². The molecular formula is C25H16O2. The number of fused-ring (bicyclic) bond motifs is 3. The minimum absolute atomic E-state index is 0.345. The van der Waals surface area contributed by atoms with Crippen LogP contribution in [0.15, 0.2) is 97.1 Å². The summed E-state index contributed by atoms with van der Waals surface area (Å²) >= 11 is 0. The molecule has 0 aliphatic rings. The molecule has 0 saturated heterocycles. The zero-order valence-corrected chi connectivity index (χ0v) is 14.6. The Kier molecular flexibility index (Phi) is 3.61. The van der Waals surface area contributed by atoms with Gasteiger partial charge in [-0.3, -0.25) is 0 Å². The highest BCUT2D eigenvalue weighted by Crippen LogP contribution is 2.35. The number of rotatable bonds is 2. The molecular weight excluding hydrogens is 332 g/mol. The first-order chi connectivity index (χ1) is 13.3. The summed E-state index contributed by atoms with van der Waals surface area (Å²) in [4.78, 5) is 12.9. The largest absolute Gasteiger partial charge is 0.422 e. The number of benzene rings is 5. The normalized spacial score (nSPS) is 11.1. The third-order valence-electron chi connectivity index (χ3n) is 4.90. The lowest BCUT2D eigenvalue weighted by Gasteiger charge is -2.12. The second-order valence-electron chi connectivity index (χ2n) is 6.60. The van der Waals surface area contributed by atoms with E-state index in [1.54, 1.807) is 0 Å². The Balaban J connectivity index is 1.64. The van der Waals surface area contributed by atoms with E-state index in [9.17, 15) is 4.79 Å². The lowest BCUT2D eigenvalue weighted by molar-refractivity contribution is 0.0739. The molecule has 0 aliphatic heterocycles. The van der Waals surface area contributed by atoms with Gasteiger partial charge in [-0.2, -0.15) is 0 Å². The quantitative estimate of drug-likeness (QED) is 0.211.